The molecule has 0 atom stereocenters. The molecule has 5 nitrogen and oxygen atoms in total. The third kappa shape index (κ3) is 7.00. The molecule has 2 aromatic carbocycles. The van der Waals surface area contributed by atoms with Crippen molar-refractivity contribution in [1.29, 1.82) is 0 Å². The van der Waals surface area contributed by atoms with Crippen LogP contribution in [0.3, 0.4) is 0 Å². The van der Waals surface area contributed by atoms with E-state index in [1.165, 1.54) is 5.56 Å². The number of carbonyl (C=O) groups excluding carboxylic acids is 1. The van der Waals surface area contributed by atoms with Crippen LogP contribution in [0.4, 0.5) is 11.4 Å². The van der Waals surface area contributed by atoms with Crippen molar-refractivity contribution in [1.82, 2.24) is 9.88 Å². The van der Waals surface area contributed by atoms with Gasteiger partial charge in [-0.2, -0.15) is 0 Å². The first-order valence-electron chi connectivity index (χ1n) is 11.7. The van der Waals surface area contributed by atoms with Gasteiger partial charge in [0.05, 0.1) is 12.2 Å². The lowest BCUT2D eigenvalue weighted by molar-refractivity contribution is -0.129. The molecule has 3 aromatic rings. The van der Waals surface area contributed by atoms with Gasteiger partial charge in [-0.15, -0.1) is 0 Å². The molecule has 1 aromatic heterocycles. The Morgan fingerprint density at radius 3 is 2.24 bits per heavy atom. The Bertz CT molecular complexity index is 1060. The SMILES string of the molecule is CCN(Cc1ccccn1)C(=O)CN(Sc1ccc(C(C)(C)C)cc1)c1cccc(N(C)C)c1. The van der Waals surface area contributed by atoms with Gasteiger partial charge in [-0.1, -0.05) is 45.0 Å². The quantitative estimate of drug-likeness (QED) is 0.354. The highest BCUT2D eigenvalue weighted by Crippen LogP contribution is 2.32. The van der Waals surface area contributed by atoms with Crippen molar-refractivity contribution in [3.05, 3.63) is 84.2 Å². The number of likely N-dealkylation sites (N-methyl/N-ethyl adjacent to an activating group) is 1. The average Bonchev–Trinajstić information content (AvgIpc) is 2.82. The second-order valence-corrected chi connectivity index (χ2v) is 10.6. The van der Waals surface area contributed by atoms with Crippen molar-refractivity contribution in [2.24, 2.45) is 0 Å². The Kier molecular flexibility index (Phi) is 8.61. The molecule has 0 spiro atoms. The summed E-state index contributed by atoms with van der Waals surface area (Å²) >= 11 is 1.60. The monoisotopic (exact) mass is 476 g/mol. The van der Waals surface area contributed by atoms with Gasteiger partial charge in [-0.3, -0.25) is 9.78 Å². The molecule has 0 N–H and O–H groups in total. The van der Waals surface area contributed by atoms with E-state index in [-0.39, 0.29) is 17.9 Å². The Morgan fingerprint density at radius 1 is 0.941 bits per heavy atom. The zero-order valence-corrected chi connectivity index (χ0v) is 22.0. The molecule has 0 aliphatic rings. The Hall–Kier alpha value is -2.99. The number of pyridine rings is 1. The Balaban J connectivity index is 1.85. The summed E-state index contributed by atoms with van der Waals surface area (Å²) in [5.41, 5.74) is 4.38. The van der Waals surface area contributed by atoms with Crippen LogP contribution in [0, 0.1) is 0 Å². The van der Waals surface area contributed by atoms with E-state index in [2.05, 4.69) is 77.4 Å². The maximum atomic E-state index is 13.4. The van der Waals surface area contributed by atoms with Gasteiger partial charge in [0, 0.05) is 43.1 Å². The van der Waals surface area contributed by atoms with Gasteiger partial charge in [-0.25, -0.2) is 0 Å². The Morgan fingerprint density at radius 2 is 1.65 bits per heavy atom. The Labute approximate surface area is 208 Å². The van der Waals surface area contributed by atoms with Crippen molar-refractivity contribution in [2.45, 2.75) is 44.6 Å². The van der Waals surface area contributed by atoms with Gasteiger partial charge < -0.3 is 14.1 Å². The van der Waals surface area contributed by atoms with Crippen LogP contribution >= 0.6 is 11.9 Å². The molecule has 0 fully saturated rings. The van der Waals surface area contributed by atoms with Crippen molar-refractivity contribution >= 4 is 29.2 Å². The molecule has 0 bridgehead atoms. The highest BCUT2D eigenvalue weighted by atomic mass is 32.2. The lowest BCUT2D eigenvalue weighted by atomic mass is 9.87. The summed E-state index contributed by atoms with van der Waals surface area (Å²) in [5, 5.41) is 0. The molecule has 1 heterocycles. The molecular weight excluding hydrogens is 440 g/mol. The number of amides is 1. The van der Waals surface area contributed by atoms with E-state index < -0.39 is 0 Å². The van der Waals surface area contributed by atoms with Crippen LogP contribution < -0.4 is 9.21 Å². The highest BCUT2D eigenvalue weighted by Gasteiger charge is 2.20. The van der Waals surface area contributed by atoms with Gasteiger partial charge >= 0.3 is 0 Å². The van der Waals surface area contributed by atoms with Gasteiger partial charge in [0.25, 0.3) is 0 Å². The molecule has 0 unspecified atom stereocenters. The third-order valence-electron chi connectivity index (χ3n) is 5.66. The summed E-state index contributed by atoms with van der Waals surface area (Å²) in [4.78, 5) is 22.8. The van der Waals surface area contributed by atoms with E-state index in [0.717, 1.165) is 22.0 Å². The predicted molar refractivity (Wildman–Crippen MR) is 144 cm³/mol. The normalized spacial score (nSPS) is 11.2. The summed E-state index contributed by atoms with van der Waals surface area (Å²) in [6.07, 6.45) is 1.77. The molecule has 0 aliphatic carbocycles. The van der Waals surface area contributed by atoms with Gasteiger partial charge in [0.2, 0.25) is 5.91 Å². The second kappa shape index (κ2) is 11.4. The largest absolute Gasteiger partial charge is 0.378 e. The average molecular weight is 477 g/mol. The van der Waals surface area contributed by atoms with Crippen molar-refractivity contribution in [3.63, 3.8) is 0 Å². The molecule has 3 rings (SSSR count). The van der Waals surface area contributed by atoms with Gasteiger partial charge in [0.1, 0.15) is 6.54 Å². The number of hydrogen-bond donors (Lipinski definition) is 0. The van der Waals surface area contributed by atoms with Crippen molar-refractivity contribution < 1.29 is 4.79 Å². The van der Waals surface area contributed by atoms with Crippen LogP contribution in [-0.4, -0.2) is 43.0 Å². The molecule has 0 saturated heterocycles. The molecule has 34 heavy (non-hydrogen) atoms. The minimum Gasteiger partial charge on any atom is -0.378 e. The summed E-state index contributed by atoms with van der Waals surface area (Å²) in [6, 6.07) is 22.7. The fourth-order valence-corrected chi connectivity index (χ4v) is 4.44. The summed E-state index contributed by atoms with van der Waals surface area (Å²) in [6.45, 7) is 10.1. The lowest BCUT2D eigenvalue weighted by Gasteiger charge is -2.28. The van der Waals surface area contributed by atoms with Crippen LogP contribution in [0.1, 0.15) is 39.0 Å². The number of hydrogen-bond acceptors (Lipinski definition) is 5. The van der Waals surface area contributed by atoms with Crippen LogP contribution in [-0.2, 0) is 16.8 Å². The first kappa shape index (κ1) is 25.6. The smallest absolute Gasteiger partial charge is 0.243 e. The zero-order valence-electron chi connectivity index (χ0n) is 21.2. The summed E-state index contributed by atoms with van der Waals surface area (Å²) < 4.78 is 2.09. The number of carbonyl (C=O) groups is 1. The van der Waals surface area contributed by atoms with Crippen LogP contribution in [0.5, 0.6) is 0 Å². The standard InChI is InChI=1S/C28H36N4OS/c1-7-31(20-23-11-8-9-18-29-23)27(33)21-32(25-13-10-12-24(19-25)30(5)6)34-26-16-14-22(15-17-26)28(2,3)4/h8-19H,7,20-21H2,1-6H3. The minimum atomic E-state index is 0.0715. The fraction of sp³-hybridized carbons (Fsp3) is 0.357. The molecule has 180 valence electrons. The first-order chi connectivity index (χ1) is 16.2. The van der Waals surface area contributed by atoms with Crippen LogP contribution in [0.25, 0.3) is 0 Å². The molecule has 0 saturated carbocycles. The van der Waals surface area contributed by atoms with E-state index >= 15 is 0 Å². The molecular formula is C28H36N4OS. The maximum Gasteiger partial charge on any atom is 0.243 e. The fourth-order valence-electron chi connectivity index (χ4n) is 3.53. The maximum absolute atomic E-state index is 13.4. The molecule has 0 aliphatic heterocycles. The van der Waals surface area contributed by atoms with Crippen molar-refractivity contribution in [2.75, 3.05) is 36.4 Å². The summed E-state index contributed by atoms with van der Waals surface area (Å²) in [5.74, 6) is 0.0715. The van der Waals surface area contributed by atoms with E-state index in [4.69, 9.17) is 0 Å². The second-order valence-electron chi connectivity index (χ2n) is 9.55. The molecule has 1 amide bonds. The first-order valence-corrected chi connectivity index (χ1v) is 12.5. The van der Waals surface area contributed by atoms with Gasteiger partial charge in [-0.05, 0) is 72.3 Å². The zero-order chi connectivity index (χ0) is 24.7. The summed E-state index contributed by atoms with van der Waals surface area (Å²) in [7, 11) is 4.05. The number of aromatic nitrogens is 1. The highest BCUT2D eigenvalue weighted by molar-refractivity contribution is 8.00. The number of benzene rings is 2. The minimum absolute atomic E-state index is 0.0715. The van der Waals surface area contributed by atoms with E-state index in [1.54, 1.807) is 18.1 Å². The van der Waals surface area contributed by atoms with Crippen molar-refractivity contribution in [3.8, 4) is 0 Å². The van der Waals surface area contributed by atoms with E-state index in [1.807, 2.05) is 50.2 Å². The number of nitrogens with zero attached hydrogens (tertiary/aromatic N) is 4. The van der Waals surface area contributed by atoms with E-state index in [0.29, 0.717) is 13.1 Å². The molecule has 0 radical (unpaired) electrons. The van der Waals surface area contributed by atoms with Gasteiger partial charge in [0.15, 0.2) is 0 Å². The number of anilines is 2. The lowest BCUT2D eigenvalue weighted by Crippen LogP contribution is -2.38. The molecule has 6 heteroatoms. The topological polar surface area (TPSA) is 39.7 Å². The van der Waals surface area contributed by atoms with Crippen LogP contribution in [0.15, 0.2) is 77.8 Å². The van der Waals surface area contributed by atoms with E-state index in [9.17, 15) is 4.79 Å². The number of rotatable bonds is 9. The predicted octanol–water partition coefficient (Wildman–Crippen LogP) is 6.01. The van der Waals surface area contributed by atoms with Crippen LogP contribution in [0.2, 0.25) is 0 Å². The third-order valence-corrected chi connectivity index (χ3v) is 6.71.